The van der Waals surface area contributed by atoms with Crippen molar-refractivity contribution >= 4 is 35.6 Å². The molecular weight excluding hydrogens is 628 g/mol. The molecule has 2 aromatic rings. The first-order chi connectivity index (χ1) is 23.0. The van der Waals surface area contributed by atoms with Gasteiger partial charge in [-0.05, 0) is 56.5 Å². The Morgan fingerprint density at radius 2 is 1.60 bits per heavy atom. The van der Waals surface area contributed by atoms with Gasteiger partial charge in [-0.2, -0.15) is 0 Å². The van der Waals surface area contributed by atoms with Crippen molar-refractivity contribution in [2.45, 2.75) is 71.8 Å². The van der Waals surface area contributed by atoms with Gasteiger partial charge in [-0.3, -0.25) is 29.2 Å². The number of rotatable bonds is 20. The molecular formula is C33H46N4O11. The van der Waals surface area contributed by atoms with E-state index >= 15 is 0 Å². The molecule has 0 bridgehead atoms. The van der Waals surface area contributed by atoms with Crippen LogP contribution in [0.1, 0.15) is 86.6 Å². The van der Waals surface area contributed by atoms with E-state index in [1.807, 2.05) is 6.92 Å². The second-order valence-electron chi connectivity index (χ2n) is 10.8. The smallest absolute Gasteiger partial charge is 0.328 e. The highest BCUT2D eigenvalue weighted by Crippen LogP contribution is 2.28. The van der Waals surface area contributed by atoms with Gasteiger partial charge in [-0.25, -0.2) is 10.3 Å². The maximum absolute atomic E-state index is 13.2. The number of carbonyl (C=O) groups is 6. The van der Waals surface area contributed by atoms with Gasteiger partial charge in [0.05, 0.1) is 33.4 Å². The van der Waals surface area contributed by atoms with E-state index in [1.54, 1.807) is 25.4 Å². The highest BCUT2D eigenvalue weighted by molar-refractivity contribution is 5.98. The van der Waals surface area contributed by atoms with E-state index in [0.29, 0.717) is 24.2 Å². The molecule has 4 amide bonds. The Labute approximate surface area is 279 Å². The molecule has 15 nitrogen and oxygen atoms in total. The minimum absolute atomic E-state index is 0.0447. The molecule has 1 aromatic carbocycles. The van der Waals surface area contributed by atoms with Crippen molar-refractivity contribution in [1.82, 2.24) is 21.4 Å². The average Bonchev–Trinajstić information content (AvgIpc) is 3.59. The third-order valence-electron chi connectivity index (χ3n) is 7.59. The highest BCUT2D eigenvalue weighted by Gasteiger charge is 2.32. The number of benzene rings is 1. The van der Waals surface area contributed by atoms with Crippen LogP contribution >= 0.6 is 0 Å². The van der Waals surface area contributed by atoms with E-state index in [2.05, 4.69) is 20.7 Å². The third kappa shape index (κ3) is 11.7. The van der Waals surface area contributed by atoms with Gasteiger partial charge in [0.2, 0.25) is 11.8 Å². The van der Waals surface area contributed by atoms with Crippen LogP contribution in [0.2, 0.25) is 0 Å². The molecule has 264 valence electrons. The van der Waals surface area contributed by atoms with E-state index in [1.165, 1.54) is 31.4 Å². The number of ether oxygens (including phenoxy) is 3. The molecule has 5 N–H and O–H groups in total. The van der Waals surface area contributed by atoms with Crippen molar-refractivity contribution in [2.24, 2.45) is 11.8 Å². The predicted octanol–water partition coefficient (Wildman–Crippen LogP) is 3.10. The SMILES string of the molecule is CCCCC[C@@H](C(=O)NCNC(=O)c1ccc(-c2cc(OCC)cc(C(=O)N[C@@H](CCC(=O)OC)C(=O)OC)c2)o1)[C@@H](CC)C(=O)NO. The van der Waals surface area contributed by atoms with Gasteiger partial charge in [0.25, 0.3) is 11.8 Å². The zero-order valence-corrected chi connectivity index (χ0v) is 28.0. The zero-order valence-electron chi connectivity index (χ0n) is 28.0. The molecule has 3 atom stereocenters. The van der Waals surface area contributed by atoms with E-state index in [9.17, 15) is 28.8 Å². The molecule has 15 heteroatoms. The summed E-state index contributed by atoms with van der Waals surface area (Å²) in [5.41, 5.74) is 2.14. The van der Waals surface area contributed by atoms with Crippen molar-refractivity contribution in [2.75, 3.05) is 27.5 Å². The van der Waals surface area contributed by atoms with Crippen molar-refractivity contribution < 1.29 is 52.6 Å². The molecule has 0 fully saturated rings. The molecule has 0 aliphatic heterocycles. The van der Waals surface area contributed by atoms with Crippen LogP contribution in [-0.4, -0.2) is 74.3 Å². The van der Waals surface area contributed by atoms with Crippen molar-refractivity contribution in [3.05, 3.63) is 41.7 Å². The van der Waals surface area contributed by atoms with Crippen LogP contribution < -0.4 is 26.2 Å². The summed E-state index contributed by atoms with van der Waals surface area (Å²) in [6.45, 7) is 5.58. The fourth-order valence-electron chi connectivity index (χ4n) is 5.03. The van der Waals surface area contributed by atoms with Crippen LogP contribution in [0.5, 0.6) is 5.75 Å². The van der Waals surface area contributed by atoms with Gasteiger partial charge in [0.1, 0.15) is 17.6 Å². The van der Waals surface area contributed by atoms with E-state index in [-0.39, 0.29) is 43.2 Å². The van der Waals surface area contributed by atoms with Crippen molar-refractivity contribution in [3.63, 3.8) is 0 Å². The fraction of sp³-hybridized carbons (Fsp3) is 0.515. The number of hydrogen-bond acceptors (Lipinski definition) is 11. The minimum Gasteiger partial charge on any atom is -0.494 e. The maximum Gasteiger partial charge on any atom is 0.328 e. The number of nitrogens with one attached hydrogen (secondary N) is 4. The molecule has 0 unspecified atom stereocenters. The van der Waals surface area contributed by atoms with Crippen LogP contribution in [0.25, 0.3) is 11.3 Å². The van der Waals surface area contributed by atoms with Gasteiger partial charge in [-0.15, -0.1) is 0 Å². The van der Waals surface area contributed by atoms with Gasteiger partial charge >= 0.3 is 11.9 Å². The molecule has 1 aromatic heterocycles. The number of methoxy groups -OCH3 is 2. The highest BCUT2D eigenvalue weighted by atomic mass is 16.5. The third-order valence-corrected chi connectivity index (χ3v) is 7.59. The second kappa shape index (κ2) is 20.3. The van der Waals surface area contributed by atoms with Crippen molar-refractivity contribution in [1.29, 1.82) is 0 Å². The number of furan rings is 1. The summed E-state index contributed by atoms with van der Waals surface area (Å²) in [6.07, 6.45) is 3.14. The lowest BCUT2D eigenvalue weighted by atomic mass is 9.84. The van der Waals surface area contributed by atoms with Crippen LogP contribution in [0.3, 0.4) is 0 Å². The molecule has 0 aliphatic carbocycles. The summed E-state index contributed by atoms with van der Waals surface area (Å²) < 4.78 is 20.8. The Morgan fingerprint density at radius 3 is 2.23 bits per heavy atom. The molecule has 48 heavy (non-hydrogen) atoms. The maximum atomic E-state index is 13.2. The summed E-state index contributed by atoms with van der Waals surface area (Å²) >= 11 is 0. The molecule has 1 heterocycles. The number of hydrogen-bond donors (Lipinski definition) is 5. The molecule has 2 rings (SSSR count). The Morgan fingerprint density at radius 1 is 0.854 bits per heavy atom. The number of esters is 2. The van der Waals surface area contributed by atoms with Gasteiger partial charge in [0, 0.05) is 23.5 Å². The number of amides is 4. The summed E-state index contributed by atoms with van der Waals surface area (Å²) in [5.74, 6) is -4.59. The largest absolute Gasteiger partial charge is 0.494 e. The summed E-state index contributed by atoms with van der Waals surface area (Å²) in [7, 11) is 2.38. The molecule has 0 saturated heterocycles. The average molecular weight is 675 g/mol. The quantitative estimate of drug-likeness (QED) is 0.0453. The lowest BCUT2D eigenvalue weighted by Gasteiger charge is -2.24. The summed E-state index contributed by atoms with van der Waals surface area (Å²) in [4.78, 5) is 75.1. The molecule has 0 radical (unpaired) electrons. The molecule has 0 spiro atoms. The van der Waals surface area contributed by atoms with E-state index in [4.69, 9.17) is 19.1 Å². The van der Waals surface area contributed by atoms with Gasteiger partial charge < -0.3 is 34.6 Å². The summed E-state index contributed by atoms with van der Waals surface area (Å²) in [6, 6.07) is 6.40. The Hall–Kier alpha value is -4.92. The lowest BCUT2D eigenvalue weighted by Crippen LogP contribution is -2.44. The number of carbonyl (C=O) groups excluding carboxylic acids is 6. The number of hydroxylamine groups is 1. The Bertz CT molecular complexity index is 1410. The predicted molar refractivity (Wildman–Crippen MR) is 172 cm³/mol. The monoisotopic (exact) mass is 674 g/mol. The van der Waals surface area contributed by atoms with Crippen LogP contribution in [0.4, 0.5) is 0 Å². The van der Waals surface area contributed by atoms with E-state index < -0.39 is 53.4 Å². The number of unbranched alkanes of at least 4 members (excludes halogenated alkanes) is 2. The van der Waals surface area contributed by atoms with Gasteiger partial charge in [0.15, 0.2) is 5.76 Å². The minimum atomic E-state index is -1.12. The van der Waals surface area contributed by atoms with Gasteiger partial charge in [-0.1, -0.05) is 33.1 Å². The zero-order chi connectivity index (χ0) is 35.6. The Balaban J connectivity index is 2.17. The first-order valence-electron chi connectivity index (χ1n) is 15.9. The topological polar surface area (TPSA) is 212 Å². The van der Waals surface area contributed by atoms with Crippen LogP contribution in [0.15, 0.2) is 34.7 Å². The molecule has 0 saturated carbocycles. The summed E-state index contributed by atoms with van der Waals surface area (Å²) in [5, 5.41) is 16.9. The fourth-order valence-corrected chi connectivity index (χ4v) is 5.03. The van der Waals surface area contributed by atoms with Crippen LogP contribution in [-0.2, 0) is 28.7 Å². The standard InChI is InChI=1S/C33H46N4O11/c1-6-9-10-11-24(23(7-2)31(41)37-44)30(40)34-19-35-32(42)27-14-13-26(48-27)20-16-21(18-22(17-20)47-8-3)29(39)36-25(33(43)46-5)12-15-28(38)45-4/h13-14,16-18,23-25,44H,6-12,15,19H2,1-5H3,(H,34,40)(H,35,42)(H,36,39)(H,37,41)/t23-,24-,25+/m1/s1. The van der Waals surface area contributed by atoms with E-state index in [0.717, 1.165) is 26.4 Å². The Kier molecular flexibility index (Phi) is 16.6. The van der Waals surface area contributed by atoms with Crippen LogP contribution in [0, 0.1) is 11.8 Å². The van der Waals surface area contributed by atoms with Crippen molar-refractivity contribution in [3.8, 4) is 17.1 Å². The lowest BCUT2D eigenvalue weighted by molar-refractivity contribution is -0.144. The first kappa shape index (κ1) is 39.3. The first-order valence-corrected chi connectivity index (χ1v) is 15.9. The molecule has 0 aliphatic rings. The second-order valence-corrected chi connectivity index (χ2v) is 10.8. The normalized spacial score (nSPS) is 12.5.